The lowest BCUT2D eigenvalue weighted by molar-refractivity contribution is -0.889. The molecule has 0 fully saturated rings. The molecule has 0 spiro atoms. The van der Waals surface area contributed by atoms with Crippen molar-refractivity contribution >= 4 is 23.6 Å². The Balaban J connectivity index is 2.15. The number of hydrogen-bond donors (Lipinski definition) is 3. The van der Waals surface area contributed by atoms with E-state index in [2.05, 4.69) is 10.6 Å². The third-order valence-electron chi connectivity index (χ3n) is 3.76. The second-order valence-corrected chi connectivity index (χ2v) is 6.31. The summed E-state index contributed by atoms with van der Waals surface area (Å²) in [6, 6.07) is 6.96. The van der Waals surface area contributed by atoms with Gasteiger partial charge in [-0.3, -0.25) is 0 Å². The Morgan fingerprint density at radius 1 is 1.29 bits per heavy atom. The maximum Gasteiger partial charge on any atom is 0.338 e. The van der Waals surface area contributed by atoms with Gasteiger partial charge in [0.05, 0.1) is 31.0 Å². The van der Waals surface area contributed by atoms with Gasteiger partial charge < -0.3 is 20.3 Å². The minimum atomic E-state index is -0.396. The van der Waals surface area contributed by atoms with Gasteiger partial charge in [-0.15, -0.1) is 0 Å². The first-order chi connectivity index (χ1) is 11.4. The van der Waals surface area contributed by atoms with Crippen molar-refractivity contribution in [2.24, 2.45) is 0 Å². The quantitative estimate of drug-likeness (QED) is 0.665. The van der Waals surface area contributed by atoms with Gasteiger partial charge in [-0.05, 0) is 26.0 Å². The number of esters is 1. The molecule has 2 atom stereocenters. The van der Waals surface area contributed by atoms with Crippen LogP contribution in [-0.4, -0.2) is 38.2 Å². The lowest BCUT2D eigenvalue weighted by atomic mass is 10.0. The number of benzene rings is 1. The highest BCUT2D eigenvalue weighted by Gasteiger charge is 2.31. The van der Waals surface area contributed by atoms with Crippen molar-refractivity contribution < 1.29 is 19.2 Å². The van der Waals surface area contributed by atoms with Crippen LogP contribution in [0.2, 0.25) is 5.02 Å². The van der Waals surface area contributed by atoms with E-state index in [4.69, 9.17) is 16.3 Å². The molecule has 24 heavy (non-hydrogen) atoms. The van der Waals surface area contributed by atoms with E-state index in [1.165, 1.54) is 0 Å². The summed E-state index contributed by atoms with van der Waals surface area (Å²) < 4.78 is 5.12. The SMILES string of the molecule is CCOC(=O)C1=C(C[NH+](C)Cc2ccc(Cl)cc2)NC(=O)N[C@H]1C. The molecule has 7 heteroatoms. The largest absolute Gasteiger partial charge is 0.463 e. The monoisotopic (exact) mass is 352 g/mol. The van der Waals surface area contributed by atoms with Crippen LogP contribution in [0, 0.1) is 0 Å². The molecule has 1 unspecified atom stereocenters. The van der Waals surface area contributed by atoms with Crippen molar-refractivity contribution in [3.8, 4) is 0 Å². The van der Waals surface area contributed by atoms with Crippen molar-refractivity contribution in [3.05, 3.63) is 46.1 Å². The van der Waals surface area contributed by atoms with Gasteiger partial charge in [0.2, 0.25) is 0 Å². The van der Waals surface area contributed by atoms with Crippen LogP contribution >= 0.6 is 11.6 Å². The van der Waals surface area contributed by atoms with Crippen LogP contribution in [0.3, 0.4) is 0 Å². The topological polar surface area (TPSA) is 71.9 Å². The van der Waals surface area contributed by atoms with Crippen molar-refractivity contribution in [1.29, 1.82) is 0 Å². The van der Waals surface area contributed by atoms with Gasteiger partial charge >= 0.3 is 12.0 Å². The first-order valence-corrected chi connectivity index (χ1v) is 8.32. The van der Waals surface area contributed by atoms with Gasteiger partial charge in [-0.25, -0.2) is 9.59 Å². The average Bonchev–Trinajstić information content (AvgIpc) is 2.49. The zero-order chi connectivity index (χ0) is 17.7. The molecule has 0 radical (unpaired) electrons. The first-order valence-electron chi connectivity index (χ1n) is 7.94. The molecule has 1 aliphatic rings. The van der Waals surface area contributed by atoms with E-state index in [0.717, 1.165) is 17.0 Å². The van der Waals surface area contributed by atoms with Crippen molar-refractivity contribution in [2.45, 2.75) is 26.4 Å². The Kier molecular flexibility index (Phi) is 6.23. The fourth-order valence-corrected chi connectivity index (χ4v) is 2.86. The van der Waals surface area contributed by atoms with Crippen molar-refractivity contribution in [2.75, 3.05) is 20.2 Å². The van der Waals surface area contributed by atoms with E-state index >= 15 is 0 Å². The summed E-state index contributed by atoms with van der Waals surface area (Å²) in [5, 5.41) is 6.14. The third-order valence-corrected chi connectivity index (χ3v) is 4.02. The number of nitrogens with one attached hydrogen (secondary N) is 3. The first kappa shape index (κ1) is 18.3. The lowest BCUT2D eigenvalue weighted by Gasteiger charge is -2.27. The Hall–Kier alpha value is -2.05. The molecule has 1 heterocycles. The number of amides is 2. The zero-order valence-corrected chi connectivity index (χ0v) is 14.9. The van der Waals surface area contributed by atoms with Crippen LogP contribution < -0.4 is 15.5 Å². The van der Waals surface area contributed by atoms with Gasteiger partial charge in [0, 0.05) is 10.6 Å². The molecule has 0 aromatic heterocycles. The number of likely N-dealkylation sites (N-methyl/N-ethyl adjacent to an activating group) is 1. The Labute approximate surface area is 146 Å². The van der Waals surface area contributed by atoms with Crippen LogP contribution in [0.5, 0.6) is 0 Å². The Morgan fingerprint density at radius 2 is 1.96 bits per heavy atom. The molecule has 6 nitrogen and oxygen atoms in total. The molecule has 1 aliphatic heterocycles. The third kappa shape index (κ3) is 4.72. The number of halogens is 1. The molecule has 0 saturated heterocycles. The van der Waals surface area contributed by atoms with Crippen molar-refractivity contribution in [1.82, 2.24) is 10.6 Å². The second kappa shape index (κ2) is 8.17. The maximum atomic E-state index is 12.2. The molecule has 2 amide bonds. The van der Waals surface area contributed by atoms with E-state index in [0.29, 0.717) is 29.4 Å². The summed E-state index contributed by atoms with van der Waals surface area (Å²) in [5.74, 6) is -0.396. The van der Waals surface area contributed by atoms with E-state index in [1.54, 1.807) is 13.8 Å². The summed E-state index contributed by atoms with van der Waals surface area (Å²) in [6.07, 6.45) is 0. The van der Waals surface area contributed by atoms with E-state index in [1.807, 2.05) is 31.3 Å². The molecular weight excluding hydrogens is 330 g/mol. The number of ether oxygens (including phenoxy) is 1. The predicted octanol–water partition coefficient (Wildman–Crippen LogP) is 0.873. The van der Waals surface area contributed by atoms with Crippen LogP contribution in [0.15, 0.2) is 35.5 Å². The molecule has 1 aromatic rings. The van der Waals surface area contributed by atoms with Gasteiger partial charge in [0.25, 0.3) is 0 Å². The highest BCUT2D eigenvalue weighted by molar-refractivity contribution is 6.30. The number of quaternary nitrogens is 1. The fourth-order valence-electron chi connectivity index (χ4n) is 2.73. The molecule has 2 rings (SSSR count). The zero-order valence-electron chi connectivity index (χ0n) is 14.1. The van der Waals surface area contributed by atoms with E-state index in [-0.39, 0.29) is 12.1 Å². The number of rotatable bonds is 6. The molecule has 1 aromatic carbocycles. The van der Waals surface area contributed by atoms with Gasteiger partial charge in [0.15, 0.2) is 0 Å². The summed E-state index contributed by atoms with van der Waals surface area (Å²) in [7, 11) is 2.00. The van der Waals surface area contributed by atoms with Gasteiger partial charge in [-0.1, -0.05) is 23.7 Å². The van der Waals surface area contributed by atoms with Gasteiger partial charge in [0.1, 0.15) is 13.1 Å². The number of carbonyl (C=O) groups excluding carboxylic acids is 2. The lowest BCUT2D eigenvalue weighted by Crippen LogP contribution is -3.08. The van der Waals surface area contributed by atoms with Crippen LogP contribution in [0.25, 0.3) is 0 Å². The summed E-state index contributed by atoms with van der Waals surface area (Å²) >= 11 is 5.90. The average molecular weight is 353 g/mol. The Bertz CT molecular complexity index is 643. The summed E-state index contributed by atoms with van der Waals surface area (Å²) in [5.41, 5.74) is 2.21. The van der Waals surface area contributed by atoms with Crippen LogP contribution in [0.1, 0.15) is 19.4 Å². The molecule has 0 aliphatic carbocycles. The van der Waals surface area contributed by atoms with Gasteiger partial charge in [-0.2, -0.15) is 0 Å². The molecule has 0 saturated carbocycles. The van der Waals surface area contributed by atoms with Crippen molar-refractivity contribution in [3.63, 3.8) is 0 Å². The minimum Gasteiger partial charge on any atom is -0.463 e. The smallest absolute Gasteiger partial charge is 0.338 e. The second-order valence-electron chi connectivity index (χ2n) is 5.87. The van der Waals surface area contributed by atoms with E-state index in [9.17, 15) is 9.59 Å². The van der Waals surface area contributed by atoms with Crippen LogP contribution in [0.4, 0.5) is 4.79 Å². The number of hydrogen-bond acceptors (Lipinski definition) is 3. The summed E-state index contributed by atoms with van der Waals surface area (Å²) in [6.45, 7) is 5.09. The number of carbonyl (C=O) groups is 2. The van der Waals surface area contributed by atoms with E-state index < -0.39 is 5.97 Å². The molecule has 130 valence electrons. The normalized spacial score (nSPS) is 18.7. The molecule has 0 bridgehead atoms. The van der Waals surface area contributed by atoms with Crippen LogP contribution in [-0.2, 0) is 16.1 Å². The summed E-state index contributed by atoms with van der Waals surface area (Å²) in [4.78, 5) is 25.1. The highest BCUT2D eigenvalue weighted by Crippen LogP contribution is 2.13. The molecular formula is C17H23ClN3O3+. The molecule has 3 N–H and O–H groups in total. The highest BCUT2D eigenvalue weighted by atomic mass is 35.5. The fraction of sp³-hybridized carbons (Fsp3) is 0.412. The standard InChI is InChI=1S/C17H22ClN3O3/c1-4-24-16(22)15-11(2)19-17(23)20-14(15)10-21(3)9-12-5-7-13(18)8-6-12/h5-8,11H,4,9-10H2,1-3H3,(H2,19,20,23)/p+1/t11-/m0/s1. The number of urea groups is 1. The Morgan fingerprint density at radius 3 is 2.58 bits per heavy atom. The predicted molar refractivity (Wildman–Crippen MR) is 91.7 cm³/mol. The maximum absolute atomic E-state index is 12.2. The minimum absolute atomic E-state index is 0.295.